The molecule has 1 fully saturated rings. The number of allylic oxidation sites excluding steroid dienone is 2. The molecule has 1 saturated carbocycles. The number of aliphatic carboxylic acids is 8. The van der Waals surface area contributed by atoms with Gasteiger partial charge in [0.05, 0.1) is 65.1 Å². The van der Waals surface area contributed by atoms with Gasteiger partial charge in [-0.05, 0) is 181 Å². The summed E-state index contributed by atoms with van der Waals surface area (Å²) in [5.41, 5.74) is 0.759. The van der Waals surface area contributed by atoms with Crippen LogP contribution in [0.15, 0.2) is 89.4 Å². The highest BCUT2D eigenvalue weighted by Gasteiger charge is 2.38. The molecule has 1 aliphatic rings. The predicted molar refractivity (Wildman–Crippen MR) is 555 cm³/mol. The summed E-state index contributed by atoms with van der Waals surface area (Å²) in [6.45, 7) is 6.07. The first-order valence-electron chi connectivity index (χ1n) is 51.9. The molecule has 1 aromatic heterocycles. The molecule has 36 nitrogen and oxygen atoms in total. The Kier molecular flexibility index (Phi) is 85.6. The number of ketones is 1. The highest BCUT2D eigenvalue weighted by atomic mass is 16.5. The Morgan fingerprint density at radius 1 is 0.299 bits per heavy atom. The van der Waals surface area contributed by atoms with E-state index in [2.05, 4.69) is 35.2 Å². The van der Waals surface area contributed by atoms with Crippen LogP contribution in [0.5, 0.6) is 23.0 Å². The van der Waals surface area contributed by atoms with Gasteiger partial charge in [0.25, 0.3) is 0 Å². The van der Waals surface area contributed by atoms with E-state index in [0.717, 1.165) is 126 Å². The van der Waals surface area contributed by atoms with Gasteiger partial charge in [-0.15, -0.1) is 0 Å². The first kappa shape index (κ1) is 138. The van der Waals surface area contributed by atoms with Crippen LogP contribution in [0.2, 0.25) is 0 Å². The summed E-state index contributed by atoms with van der Waals surface area (Å²) in [7, 11) is 6.86. The van der Waals surface area contributed by atoms with Crippen LogP contribution in [-0.4, -0.2) is 202 Å². The van der Waals surface area contributed by atoms with Crippen molar-refractivity contribution in [2.75, 3.05) is 35.5 Å². The molecule has 0 radical (unpaired) electrons. The number of carboxylic acid groups (broad SMARTS) is 12. The number of rotatable bonds is 72. The van der Waals surface area contributed by atoms with Gasteiger partial charge in [0, 0.05) is 67.4 Å². The van der Waals surface area contributed by atoms with Crippen LogP contribution in [0.25, 0.3) is 11.1 Å². The molecule has 1 heterocycles. The van der Waals surface area contributed by atoms with E-state index in [1.165, 1.54) is 316 Å². The predicted octanol–water partition coefficient (Wildman–Crippen LogP) is 25.4. The van der Waals surface area contributed by atoms with E-state index < -0.39 is 77.6 Å². The number of hydrogen-bond donors (Lipinski definition) is 14. The second-order valence-corrected chi connectivity index (χ2v) is 36.1. The number of aromatic hydroxyl groups is 2. The van der Waals surface area contributed by atoms with Crippen LogP contribution in [0.3, 0.4) is 0 Å². The summed E-state index contributed by atoms with van der Waals surface area (Å²) in [5, 5.41) is 120. The highest BCUT2D eigenvalue weighted by Crippen LogP contribution is 2.49. The second-order valence-electron chi connectivity index (χ2n) is 36.1. The van der Waals surface area contributed by atoms with Gasteiger partial charge in [0.15, 0.2) is 28.8 Å². The van der Waals surface area contributed by atoms with Crippen LogP contribution >= 0.6 is 0 Å². The molecule has 4 aromatic rings. The van der Waals surface area contributed by atoms with Crippen molar-refractivity contribution in [3.63, 3.8) is 0 Å². The second kappa shape index (κ2) is 90.8. The number of carbonyl (C=O) groups excluding carboxylic acids is 4. The molecule has 1 aliphatic carbocycles. The number of unbranched alkanes of at least 4 members (excludes halogenated alkanes) is 36. The maximum absolute atomic E-state index is 11.9. The van der Waals surface area contributed by atoms with Crippen molar-refractivity contribution in [3.05, 3.63) is 119 Å². The summed E-state index contributed by atoms with van der Waals surface area (Å²) in [5.74, 6) is -10.6. The molecular weight excluding hydrogens is 1910 g/mol. The maximum Gasteiger partial charge on any atom is 0.371 e. The van der Waals surface area contributed by atoms with Crippen LogP contribution in [0.4, 0.5) is 0 Å². The van der Waals surface area contributed by atoms with E-state index in [1.807, 2.05) is 0 Å². The summed E-state index contributed by atoms with van der Waals surface area (Å²) < 4.78 is 28.8. The Bertz CT molecular complexity index is 4300. The molecule has 0 aliphatic heterocycles. The number of carbonyl (C=O) groups is 16. The molecule has 830 valence electrons. The topological polar surface area (TPSA) is 616 Å². The van der Waals surface area contributed by atoms with E-state index in [0.29, 0.717) is 37.8 Å². The van der Waals surface area contributed by atoms with Crippen LogP contribution in [0, 0.1) is 23.7 Å². The number of phenols is 2. The highest BCUT2D eigenvalue weighted by molar-refractivity contribution is 5.99. The van der Waals surface area contributed by atoms with E-state index in [-0.39, 0.29) is 111 Å². The van der Waals surface area contributed by atoms with Crippen molar-refractivity contribution in [3.8, 4) is 34.1 Å². The fraction of sp³-hybridized carbons (Fsp3) is 0.622. The van der Waals surface area contributed by atoms with Gasteiger partial charge in [0.1, 0.15) is 0 Å². The Hall–Kier alpha value is -12.7. The van der Waals surface area contributed by atoms with Gasteiger partial charge < -0.3 is 99.6 Å². The zero-order valence-electron chi connectivity index (χ0n) is 87.9. The number of furan rings is 1. The third-order valence-corrected chi connectivity index (χ3v) is 24.3. The van der Waals surface area contributed by atoms with Gasteiger partial charge in [-0.25, -0.2) is 33.6 Å². The summed E-state index contributed by atoms with van der Waals surface area (Å²) >= 11 is 0. The third-order valence-electron chi connectivity index (χ3n) is 24.3. The van der Waals surface area contributed by atoms with E-state index in [1.54, 1.807) is 0 Å². The van der Waals surface area contributed by atoms with Gasteiger partial charge in [0.2, 0.25) is 11.5 Å². The molecule has 4 atom stereocenters. The average Bonchev–Trinajstić information content (AvgIpc) is 1.26. The van der Waals surface area contributed by atoms with Crippen molar-refractivity contribution in [1.82, 2.24) is 0 Å². The molecule has 3 aromatic carbocycles. The SMILES string of the molecule is CCCCCC1CCC(CCCCCCCCC(=O)OC)C(CCCCCCCCCCCC(=O)OC)C1CCCCC.COC(=O)c1cc(OC)c(O)c(-c2cc(C(C)=O)cc(OC)c2O)c1.O=C(O)/C=C/C(=O)O.O=C(O)CCC(=O)O.O=C(O)CCCCCCCCC(=O)O.O=C(O)CCCCCCCCC/C=C/CCCCCCCCCC(=O)O.O=C(O)c1ccc(C(=O)O)cc1.O=C(O)c1ccc(C(=O)O)o1. The first-order chi connectivity index (χ1) is 70.1. The maximum atomic E-state index is 11.9. The molecule has 0 bridgehead atoms. The Morgan fingerprint density at radius 3 is 0.823 bits per heavy atom. The van der Waals surface area contributed by atoms with E-state index in [9.17, 15) is 86.9 Å². The normalized spacial score (nSPS) is 13.1. The number of phenolic OH excluding ortho intramolecular Hbond substituents is 2. The minimum atomic E-state index is -1.28. The Balaban J connectivity index is -0.00000173. The molecule has 14 N–H and O–H groups in total. The van der Waals surface area contributed by atoms with Gasteiger partial charge in [-0.1, -0.05) is 251 Å². The number of esters is 3. The molecular formula is C111H170O36. The van der Waals surface area contributed by atoms with Crippen LogP contribution in [0.1, 0.15) is 449 Å². The molecule has 36 heteroatoms. The van der Waals surface area contributed by atoms with Gasteiger partial charge in [-0.3, -0.25) is 43.2 Å². The fourth-order valence-corrected chi connectivity index (χ4v) is 16.3. The van der Waals surface area contributed by atoms with Crippen molar-refractivity contribution in [1.29, 1.82) is 0 Å². The number of aromatic carboxylic acids is 4. The van der Waals surface area contributed by atoms with Gasteiger partial charge in [-0.2, -0.15) is 0 Å². The number of Topliss-reactive ketones (excluding diaryl/α,β-unsaturated/α-hetero) is 1. The third kappa shape index (κ3) is 77.4. The molecule has 0 saturated heterocycles. The lowest BCUT2D eigenvalue weighted by molar-refractivity contribution is -0.143. The number of hydrogen-bond acceptors (Lipinski definition) is 24. The molecule has 0 spiro atoms. The van der Waals surface area contributed by atoms with E-state index in [4.69, 9.17) is 80.2 Å². The number of benzene rings is 3. The number of ether oxygens (including phenoxy) is 5. The lowest BCUT2D eigenvalue weighted by Gasteiger charge is -2.44. The fourth-order valence-electron chi connectivity index (χ4n) is 16.3. The van der Waals surface area contributed by atoms with Crippen LogP contribution in [-0.2, 0) is 62.2 Å². The van der Waals surface area contributed by atoms with Crippen molar-refractivity contribution in [2.45, 2.75) is 387 Å². The summed E-state index contributed by atoms with van der Waals surface area (Å²) in [6, 6.07) is 12.6. The lowest BCUT2D eigenvalue weighted by atomic mass is 9.61. The quantitative estimate of drug-likeness (QED) is 0.00487. The minimum absolute atomic E-state index is 0.0181. The van der Waals surface area contributed by atoms with E-state index >= 15 is 0 Å². The number of carboxylic acids is 12. The summed E-state index contributed by atoms with van der Waals surface area (Å²) in [6.07, 6.45) is 67.8. The molecule has 4 unspecified atom stereocenters. The minimum Gasteiger partial charge on any atom is -0.504 e. The number of methoxy groups -OCH3 is 5. The largest absolute Gasteiger partial charge is 0.504 e. The Morgan fingerprint density at radius 2 is 0.565 bits per heavy atom. The molecule has 0 amide bonds. The molecule has 147 heavy (non-hydrogen) atoms. The zero-order valence-corrected chi connectivity index (χ0v) is 87.9. The standard InChI is InChI=1S/C39H74O4.C22H40O4.C18H18O7.C10H18O4.C8H6O4.C6H4O5.C4H6O4.C4H4O4/c1-5-7-20-26-34-32-33-35(27-22-16-14-15-19-25-31-39(41)43-4)37(36(34)28-21-8-6-2)29-23-17-12-10-9-11-13-18-24-30-38(40)42-3;23-21(24)19-17-15-13-11-9-7-5-3-1-2-4-6-8-10-12-14-16-18-20-22(25)26;1-9(19)10-5-12(16(20)14(7-10)23-2)13-6-11(18(22)25-4)8-15(24-3)17(13)21;11-9(12)7-5-3-1-2-4-6-8-10(13)14;9-7(10)5-1-2-6(4-3-5)8(11)12;7-5(8)3-1-2-4(11-3)6(9)10;2*5-3(6)1-2-4(7)8/h34-37H,5-33H2,1-4H3;1-2H,3-20H2,(H,23,24)(H,25,26);5-8,20-21H,1-4H3;1-8H2,(H,11,12)(H,13,14);1-4H,(H,9,10)(H,11,12);1-2H,(H,7,8)(H,9,10);1-2H2,(H,5,6)(H,7,8);1-2H,(H,5,6)(H,7,8)/b;2-1+;;;;;;2-1+. The lowest BCUT2D eigenvalue weighted by Crippen LogP contribution is -2.35. The van der Waals surface area contributed by atoms with Gasteiger partial charge >= 0.3 is 89.5 Å². The smallest absolute Gasteiger partial charge is 0.371 e. The Labute approximate surface area is 866 Å². The molecule has 5 rings (SSSR count). The monoisotopic (exact) mass is 2080 g/mol. The average molecular weight is 2080 g/mol. The van der Waals surface area contributed by atoms with Crippen molar-refractivity contribution < 1.29 is 176 Å². The van der Waals surface area contributed by atoms with Crippen molar-refractivity contribution >= 4 is 95.3 Å². The van der Waals surface area contributed by atoms with Crippen LogP contribution < -0.4 is 9.47 Å². The summed E-state index contributed by atoms with van der Waals surface area (Å²) in [4.78, 5) is 167. The first-order valence-corrected chi connectivity index (χ1v) is 51.9. The zero-order chi connectivity index (χ0) is 111. The van der Waals surface area contributed by atoms with Crippen molar-refractivity contribution in [2.24, 2.45) is 23.7 Å².